The molecule has 0 N–H and O–H groups in total. The molecule has 1 heterocycles. The van der Waals surface area contributed by atoms with E-state index in [4.69, 9.17) is 0 Å². The van der Waals surface area contributed by atoms with Gasteiger partial charge in [0.05, 0.1) is 11.1 Å². The summed E-state index contributed by atoms with van der Waals surface area (Å²) in [6, 6.07) is 0. The Morgan fingerprint density at radius 2 is 0.727 bits per heavy atom. The van der Waals surface area contributed by atoms with Crippen LogP contribution in [0, 0.1) is 0 Å². The molecule has 0 atom stereocenters. The highest BCUT2D eigenvalue weighted by molar-refractivity contribution is 5.45. The molecule has 1 rings (SSSR count). The molecule has 0 fully saturated rings. The molecule has 0 radical (unpaired) electrons. The highest BCUT2D eigenvalue weighted by Gasteiger charge is 2.58. The predicted octanol–water partition coefficient (Wildman–Crippen LogP) is 5.10. The average molecular weight is 353 g/mol. The fourth-order valence-corrected chi connectivity index (χ4v) is 1.90. The topological polar surface area (TPSA) is 4.93 Å². The number of alkyl halides is 12. The summed E-state index contributed by atoms with van der Waals surface area (Å²) in [5, 5.41) is 0. The zero-order valence-corrected chi connectivity index (χ0v) is 9.98. The lowest BCUT2D eigenvalue weighted by atomic mass is 10.1. The maximum atomic E-state index is 12.6. The van der Waals surface area contributed by atoms with Crippen molar-refractivity contribution in [3.8, 4) is 0 Å². The lowest BCUT2D eigenvalue weighted by Crippen LogP contribution is -2.21. The fraction of sp³-hybridized carbons (Fsp3) is 0.556. The van der Waals surface area contributed by atoms with E-state index < -0.39 is 51.8 Å². The first-order valence-electron chi connectivity index (χ1n) is 4.91. The quantitative estimate of drug-likeness (QED) is 0.572. The number of nitrogens with zero attached hydrogens (tertiary/aromatic N) is 1. The van der Waals surface area contributed by atoms with E-state index in [1.165, 1.54) is 0 Å². The highest BCUT2D eigenvalue weighted by Crippen LogP contribution is 2.52. The van der Waals surface area contributed by atoms with Gasteiger partial charge in [-0.2, -0.15) is 52.7 Å². The summed E-state index contributed by atoms with van der Waals surface area (Å²) in [7, 11) is -0.171. The van der Waals surface area contributed by atoms with Crippen molar-refractivity contribution < 1.29 is 52.7 Å². The molecule has 22 heavy (non-hydrogen) atoms. The largest absolute Gasteiger partial charge is 0.432 e. The lowest BCUT2D eigenvalue weighted by molar-refractivity contribution is -0.178. The van der Waals surface area contributed by atoms with Crippen LogP contribution in [0.2, 0.25) is 0 Å². The summed E-state index contributed by atoms with van der Waals surface area (Å²) in [5.41, 5.74) is -13.0. The molecule has 0 aromatic carbocycles. The van der Waals surface area contributed by atoms with Crippen molar-refractivity contribution in [3.63, 3.8) is 0 Å². The monoisotopic (exact) mass is 353 g/mol. The number of hydrogen-bond donors (Lipinski definition) is 0. The Morgan fingerprint density at radius 1 is 0.500 bits per heavy atom. The number of rotatable bonds is 0. The molecule has 128 valence electrons. The Kier molecular flexibility index (Phi) is 3.96. The van der Waals surface area contributed by atoms with Gasteiger partial charge in [0.2, 0.25) is 0 Å². The van der Waals surface area contributed by atoms with E-state index in [1.54, 1.807) is 0 Å². The van der Waals surface area contributed by atoms with Crippen LogP contribution in [0.4, 0.5) is 52.7 Å². The molecule has 1 aromatic rings. The normalized spacial score (nSPS) is 14.6. The summed E-state index contributed by atoms with van der Waals surface area (Å²) in [4.78, 5) is 0. The molecule has 0 aliphatic carbocycles. The average Bonchev–Trinajstić information content (AvgIpc) is 2.48. The van der Waals surface area contributed by atoms with E-state index in [0.29, 0.717) is 0 Å². The number of hydrogen-bond acceptors (Lipinski definition) is 0. The number of halogens is 12. The van der Waals surface area contributed by atoms with Crippen LogP contribution in [0.3, 0.4) is 0 Å². The van der Waals surface area contributed by atoms with Gasteiger partial charge in [0.25, 0.3) is 0 Å². The van der Waals surface area contributed by atoms with Gasteiger partial charge in [0.15, 0.2) is 0 Å². The summed E-state index contributed by atoms with van der Waals surface area (Å²) >= 11 is 0. The second kappa shape index (κ2) is 4.72. The van der Waals surface area contributed by atoms with Crippen LogP contribution >= 0.6 is 0 Å². The van der Waals surface area contributed by atoms with Crippen molar-refractivity contribution in [1.82, 2.24) is 4.57 Å². The zero-order valence-electron chi connectivity index (χ0n) is 9.98. The van der Waals surface area contributed by atoms with Crippen molar-refractivity contribution >= 4 is 0 Å². The Labute approximate surface area is 113 Å². The molecule has 0 amide bonds. The Balaban J connectivity index is 4.11. The highest BCUT2D eigenvalue weighted by atomic mass is 19.4. The second-order valence-corrected chi connectivity index (χ2v) is 4.00. The van der Waals surface area contributed by atoms with E-state index >= 15 is 0 Å². The van der Waals surface area contributed by atoms with Gasteiger partial charge < -0.3 is 4.57 Å². The van der Waals surface area contributed by atoms with Gasteiger partial charge in [-0.05, 0) is 0 Å². The van der Waals surface area contributed by atoms with E-state index in [9.17, 15) is 52.7 Å². The van der Waals surface area contributed by atoms with Crippen LogP contribution in [0.5, 0.6) is 0 Å². The Morgan fingerprint density at radius 3 is 0.864 bits per heavy atom. The molecule has 0 spiro atoms. The molecule has 0 saturated heterocycles. The van der Waals surface area contributed by atoms with Crippen molar-refractivity contribution in [2.75, 3.05) is 0 Å². The minimum Gasteiger partial charge on any atom is -0.336 e. The van der Waals surface area contributed by atoms with E-state index in [2.05, 4.69) is 0 Å². The maximum Gasteiger partial charge on any atom is 0.432 e. The third-order valence-electron chi connectivity index (χ3n) is 2.50. The fourth-order valence-electron chi connectivity index (χ4n) is 1.90. The standard InChI is InChI=1S/C9H3F12N/c1-22-4(8(16,17)18)2(6(10,11)12)3(7(13,14)15)5(22)9(19,20)21/h1H3. The molecular formula is C9H3F12N. The van der Waals surface area contributed by atoms with Gasteiger partial charge in [0, 0.05) is 7.05 Å². The summed E-state index contributed by atoms with van der Waals surface area (Å²) < 4.78 is 150. The van der Waals surface area contributed by atoms with Crippen LogP contribution in [0.1, 0.15) is 22.5 Å². The van der Waals surface area contributed by atoms with Crippen LogP contribution in [0.15, 0.2) is 0 Å². The van der Waals surface area contributed by atoms with E-state index in [-0.39, 0.29) is 7.05 Å². The van der Waals surface area contributed by atoms with E-state index in [1.807, 2.05) is 0 Å². The van der Waals surface area contributed by atoms with Crippen molar-refractivity contribution in [2.24, 2.45) is 7.05 Å². The Hall–Kier alpha value is -1.56. The van der Waals surface area contributed by atoms with Crippen LogP contribution in [-0.4, -0.2) is 4.57 Å². The predicted molar refractivity (Wildman–Crippen MR) is 45.4 cm³/mol. The van der Waals surface area contributed by atoms with Gasteiger partial charge in [-0.1, -0.05) is 0 Å². The van der Waals surface area contributed by atoms with Crippen molar-refractivity contribution in [3.05, 3.63) is 22.5 Å². The molecule has 13 heteroatoms. The third kappa shape index (κ3) is 3.11. The minimum atomic E-state index is -6.29. The molecule has 0 saturated carbocycles. The van der Waals surface area contributed by atoms with Gasteiger partial charge in [-0.3, -0.25) is 0 Å². The molecule has 0 unspecified atom stereocenters. The zero-order chi connectivity index (χ0) is 17.9. The third-order valence-corrected chi connectivity index (χ3v) is 2.50. The molecule has 1 nitrogen and oxygen atoms in total. The van der Waals surface area contributed by atoms with Gasteiger partial charge >= 0.3 is 24.7 Å². The first kappa shape index (κ1) is 18.5. The van der Waals surface area contributed by atoms with Crippen molar-refractivity contribution in [2.45, 2.75) is 24.7 Å². The minimum absolute atomic E-state index is 0.171. The summed E-state index contributed by atoms with van der Waals surface area (Å²) in [6.45, 7) is 0. The second-order valence-electron chi connectivity index (χ2n) is 4.00. The molecule has 0 aliphatic rings. The molecule has 1 aromatic heterocycles. The Bertz CT molecular complexity index is 514. The number of aromatic nitrogens is 1. The van der Waals surface area contributed by atoms with Gasteiger partial charge in [-0.15, -0.1) is 0 Å². The smallest absolute Gasteiger partial charge is 0.336 e. The van der Waals surface area contributed by atoms with Crippen molar-refractivity contribution in [1.29, 1.82) is 0 Å². The van der Waals surface area contributed by atoms with Crippen LogP contribution < -0.4 is 0 Å². The van der Waals surface area contributed by atoms with Crippen LogP contribution in [0.25, 0.3) is 0 Å². The van der Waals surface area contributed by atoms with Gasteiger partial charge in [-0.25, -0.2) is 0 Å². The van der Waals surface area contributed by atoms with Gasteiger partial charge in [0.1, 0.15) is 11.4 Å². The summed E-state index contributed by atoms with van der Waals surface area (Å²) in [5.74, 6) is 0. The SMILES string of the molecule is Cn1c(C(F)(F)F)c(C(F)(F)F)c(C(F)(F)F)c1C(F)(F)F. The molecule has 0 aliphatic heterocycles. The first-order valence-corrected chi connectivity index (χ1v) is 4.91. The molecule has 0 bridgehead atoms. The molecular weight excluding hydrogens is 350 g/mol. The first-order chi connectivity index (χ1) is 9.40. The summed E-state index contributed by atoms with van der Waals surface area (Å²) in [6.07, 6.45) is -24.7. The van der Waals surface area contributed by atoms with Crippen LogP contribution in [-0.2, 0) is 31.8 Å². The lowest BCUT2D eigenvalue weighted by Gasteiger charge is -2.15. The maximum absolute atomic E-state index is 12.6. The van der Waals surface area contributed by atoms with E-state index in [0.717, 1.165) is 0 Å².